The summed E-state index contributed by atoms with van der Waals surface area (Å²) < 4.78 is 43.4. The molecule has 2 N–H and O–H groups in total. The van der Waals surface area contributed by atoms with Crippen molar-refractivity contribution in [2.45, 2.75) is 19.4 Å². The first-order valence-electron chi connectivity index (χ1n) is 18.5. The maximum atomic E-state index is 16.2. The number of rotatable bonds is 11. The molecule has 1 saturated carbocycles. The summed E-state index contributed by atoms with van der Waals surface area (Å²) in [7, 11) is 3.64. The number of hydrogen-bond acceptors (Lipinski definition) is 8. The molecule has 3 amide bonds. The predicted octanol–water partition coefficient (Wildman–Crippen LogP) is 6.54. The highest BCUT2D eigenvalue weighted by Gasteiger charge is 2.57. The summed E-state index contributed by atoms with van der Waals surface area (Å²) in [6.07, 6.45) is 2.06. The highest BCUT2D eigenvalue weighted by atomic mass is 19.1. The summed E-state index contributed by atoms with van der Waals surface area (Å²) in [5.74, 6) is -1.97. The Balaban J connectivity index is 1.16. The maximum absolute atomic E-state index is 16.2. The third-order valence-corrected chi connectivity index (χ3v) is 10.6. The zero-order valence-corrected chi connectivity index (χ0v) is 31.3. The van der Waals surface area contributed by atoms with Gasteiger partial charge in [-0.3, -0.25) is 19.3 Å². The summed E-state index contributed by atoms with van der Waals surface area (Å²) in [4.78, 5) is 49.4. The van der Waals surface area contributed by atoms with E-state index in [1.165, 1.54) is 41.3 Å². The molecule has 14 heteroatoms. The highest BCUT2D eigenvalue weighted by molar-refractivity contribution is 6.16. The second-order valence-electron chi connectivity index (χ2n) is 14.3. The molecule has 1 aliphatic carbocycles. The van der Waals surface area contributed by atoms with Gasteiger partial charge in [0.2, 0.25) is 11.8 Å². The number of nitrogens with zero attached hydrogens (tertiary/aromatic N) is 6. The lowest BCUT2D eigenvalue weighted by molar-refractivity contribution is -0.133. The van der Waals surface area contributed by atoms with Gasteiger partial charge >= 0.3 is 0 Å². The van der Waals surface area contributed by atoms with Crippen LogP contribution < -0.4 is 20.1 Å². The van der Waals surface area contributed by atoms with Crippen LogP contribution in [0.2, 0.25) is 0 Å². The lowest BCUT2D eigenvalue weighted by Gasteiger charge is -2.32. The van der Waals surface area contributed by atoms with Crippen LogP contribution in [-0.4, -0.2) is 82.6 Å². The van der Waals surface area contributed by atoms with Gasteiger partial charge < -0.3 is 25.0 Å². The first kappa shape index (κ1) is 37.3. The fourth-order valence-electron chi connectivity index (χ4n) is 7.04. The van der Waals surface area contributed by atoms with Crippen molar-refractivity contribution in [3.05, 3.63) is 126 Å². The van der Waals surface area contributed by atoms with Crippen molar-refractivity contribution in [2.75, 3.05) is 45.2 Å². The second kappa shape index (κ2) is 15.1. The molecule has 0 spiro atoms. The van der Waals surface area contributed by atoms with Crippen molar-refractivity contribution in [3.8, 4) is 28.5 Å². The van der Waals surface area contributed by atoms with Crippen LogP contribution in [0.4, 0.5) is 20.2 Å². The van der Waals surface area contributed by atoms with Gasteiger partial charge in [-0.15, -0.1) is 0 Å². The molecule has 6 aromatic rings. The van der Waals surface area contributed by atoms with Crippen molar-refractivity contribution in [2.24, 2.45) is 11.1 Å². The van der Waals surface area contributed by atoms with Crippen LogP contribution >= 0.6 is 0 Å². The number of anilines is 2. The molecule has 8 rings (SSSR count). The van der Waals surface area contributed by atoms with Crippen molar-refractivity contribution in [1.29, 1.82) is 0 Å². The number of benzene rings is 4. The van der Waals surface area contributed by atoms with Gasteiger partial charge in [-0.05, 0) is 92.2 Å². The molecule has 12 nitrogen and oxygen atoms in total. The van der Waals surface area contributed by atoms with E-state index in [0.717, 1.165) is 24.7 Å². The number of aromatic nitrogens is 3. The first-order valence-corrected chi connectivity index (χ1v) is 18.5. The quantitative estimate of drug-likeness (QED) is 0.147. The van der Waals surface area contributed by atoms with E-state index in [-0.39, 0.29) is 41.6 Å². The van der Waals surface area contributed by atoms with Crippen LogP contribution in [0.1, 0.15) is 28.8 Å². The molecule has 2 aliphatic rings. The van der Waals surface area contributed by atoms with Crippen molar-refractivity contribution in [1.82, 2.24) is 24.6 Å². The molecule has 1 saturated heterocycles. The number of piperazine rings is 1. The molecule has 57 heavy (non-hydrogen) atoms. The Morgan fingerprint density at radius 3 is 2.16 bits per heavy atom. The first-order chi connectivity index (χ1) is 27.5. The molecule has 1 aliphatic heterocycles. The fraction of sp³-hybridized carbons (Fsp3) is 0.233. The number of amides is 3. The van der Waals surface area contributed by atoms with Gasteiger partial charge in [0, 0.05) is 55.3 Å². The van der Waals surface area contributed by atoms with Crippen molar-refractivity contribution in [3.63, 3.8) is 0 Å². The molecule has 4 aromatic carbocycles. The number of hydrogen-bond donors (Lipinski definition) is 1. The van der Waals surface area contributed by atoms with Gasteiger partial charge in [0.05, 0.1) is 24.7 Å². The summed E-state index contributed by atoms with van der Waals surface area (Å²) in [5, 5.41) is 5.48. The Labute approximate surface area is 327 Å². The largest absolute Gasteiger partial charge is 0.497 e. The normalized spacial score (nSPS) is 15.0. The zero-order chi connectivity index (χ0) is 39.8. The number of pyridine rings is 1. The lowest BCUT2D eigenvalue weighted by Crippen LogP contribution is -2.47. The molecular formula is C43H39F2N7O5. The van der Waals surface area contributed by atoms with Crippen LogP contribution in [-0.2, 0) is 16.1 Å². The number of methoxy groups -OCH3 is 1. The van der Waals surface area contributed by atoms with E-state index in [2.05, 4.69) is 9.88 Å². The zero-order valence-electron chi connectivity index (χ0n) is 31.3. The number of primary amides is 1. The molecule has 3 heterocycles. The Bertz CT molecular complexity index is 2480. The number of halogens is 2. The standard InChI is InChI=1S/C43H39F2N7O5/c1-49-21-23-50(24-22-49)40(53)29-7-5-28(6-8-29)38-37-36(17-20-47-39(37)51(48-38)26-27-3-14-33(56-2)15-4-27)57-35-16-13-32(25-34(35)45)52(31-11-9-30(44)10-12-31)42(55)43(18-19-43)41(46)54/h3-17,20,25H,18-19,21-24,26H2,1-2H3,(H2,46,54). The average molecular weight is 772 g/mol. The minimum Gasteiger partial charge on any atom is -0.497 e. The number of ether oxygens (including phenoxy) is 2. The Morgan fingerprint density at radius 1 is 0.842 bits per heavy atom. The Morgan fingerprint density at radius 2 is 1.53 bits per heavy atom. The minimum absolute atomic E-state index is 0.0456. The van der Waals surface area contributed by atoms with E-state index in [0.29, 0.717) is 53.2 Å². The van der Waals surface area contributed by atoms with Gasteiger partial charge in [0.25, 0.3) is 5.91 Å². The topological polar surface area (TPSA) is 136 Å². The number of likely N-dealkylation sites (N-methyl/N-ethyl adjacent to an activating group) is 1. The van der Waals surface area contributed by atoms with E-state index < -0.39 is 28.9 Å². The maximum Gasteiger partial charge on any atom is 0.253 e. The van der Waals surface area contributed by atoms with E-state index >= 15 is 4.39 Å². The van der Waals surface area contributed by atoms with Gasteiger partial charge in [-0.25, -0.2) is 18.4 Å². The summed E-state index contributed by atoms with van der Waals surface area (Å²) in [6, 6.07) is 25.5. The number of fused-ring (bicyclic) bond motifs is 1. The van der Waals surface area contributed by atoms with Crippen LogP contribution in [0.5, 0.6) is 17.2 Å². The van der Waals surface area contributed by atoms with Crippen LogP contribution in [0.15, 0.2) is 103 Å². The second-order valence-corrected chi connectivity index (χ2v) is 14.3. The third kappa shape index (κ3) is 7.27. The minimum atomic E-state index is -1.43. The van der Waals surface area contributed by atoms with E-state index in [1.807, 2.05) is 48.3 Å². The van der Waals surface area contributed by atoms with Crippen molar-refractivity contribution < 1.29 is 32.6 Å². The van der Waals surface area contributed by atoms with Crippen LogP contribution in [0.3, 0.4) is 0 Å². The molecule has 0 unspecified atom stereocenters. The summed E-state index contributed by atoms with van der Waals surface area (Å²) in [6.45, 7) is 3.26. The predicted molar refractivity (Wildman–Crippen MR) is 209 cm³/mol. The van der Waals surface area contributed by atoms with E-state index in [9.17, 15) is 18.8 Å². The lowest BCUT2D eigenvalue weighted by atomic mass is 10.0. The van der Waals surface area contributed by atoms with Gasteiger partial charge in [0.15, 0.2) is 17.2 Å². The fourth-order valence-corrected chi connectivity index (χ4v) is 7.04. The van der Waals surface area contributed by atoms with Gasteiger partial charge in [0.1, 0.15) is 28.4 Å². The molecule has 290 valence electrons. The smallest absolute Gasteiger partial charge is 0.253 e. The van der Waals surface area contributed by atoms with Gasteiger partial charge in [-0.2, -0.15) is 5.10 Å². The molecule has 2 fully saturated rings. The van der Waals surface area contributed by atoms with Crippen molar-refractivity contribution >= 4 is 40.1 Å². The van der Waals surface area contributed by atoms with E-state index in [4.69, 9.17) is 20.3 Å². The van der Waals surface area contributed by atoms with Crippen LogP contribution in [0.25, 0.3) is 22.3 Å². The average Bonchev–Trinajstić information content (AvgIpc) is 3.97. The monoisotopic (exact) mass is 771 g/mol. The number of carbonyl (C=O) groups excluding carboxylic acids is 3. The molecular weight excluding hydrogens is 733 g/mol. The molecule has 0 atom stereocenters. The Hall–Kier alpha value is -6.67. The van der Waals surface area contributed by atoms with Gasteiger partial charge in [-0.1, -0.05) is 24.3 Å². The van der Waals surface area contributed by atoms with Crippen LogP contribution in [0, 0.1) is 17.0 Å². The molecule has 0 bridgehead atoms. The summed E-state index contributed by atoms with van der Waals surface area (Å²) in [5.41, 5.74) is 7.69. The number of nitrogens with two attached hydrogens (primary N) is 1. The SMILES string of the molecule is COc1ccc(Cn2nc(-c3ccc(C(=O)N4CCN(C)CC4)cc3)c3c(Oc4ccc(N(C(=O)C5(C(N)=O)CC5)c5ccc(F)cc5)cc4F)ccnc32)cc1. The Kier molecular flexibility index (Phi) is 9.88. The third-order valence-electron chi connectivity index (χ3n) is 10.6. The van der Waals surface area contributed by atoms with E-state index in [1.54, 1.807) is 36.2 Å². The highest BCUT2D eigenvalue weighted by Crippen LogP contribution is 2.49. The molecule has 2 aromatic heterocycles. The number of carbonyl (C=O) groups is 3. The summed E-state index contributed by atoms with van der Waals surface area (Å²) >= 11 is 0. The molecule has 0 radical (unpaired) electrons.